The molecule has 0 spiro atoms. The van der Waals surface area contributed by atoms with Gasteiger partial charge < -0.3 is 15.0 Å². The molecule has 128 valence electrons. The van der Waals surface area contributed by atoms with E-state index in [1.165, 1.54) is 6.08 Å². The second-order valence-electron chi connectivity index (χ2n) is 6.52. The van der Waals surface area contributed by atoms with Crippen molar-refractivity contribution in [1.29, 1.82) is 0 Å². The summed E-state index contributed by atoms with van der Waals surface area (Å²) in [5, 5.41) is 2.68. The van der Waals surface area contributed by atoms with Crippen molar-refractivity contribution in [3.63, 3.8) is 0 Å². The van der Waals surface area contributed by atoms with Crippen molar-refractivity contribution in [1.82, 2.24) is 4.90 Å². The molecule has 2 aliphatic rings. The van der Waals surface area contributed by atoms with Gasteiger partial charge in [-0.15, -0.1) is 0 Å². The van der Waals surface area contributed by atoms with E-state index in [0.717, 1.165) is 45.6 Å². The first kappa shape index (κ1) is 16.7. The predicted octanol–water partition coefficient (Wildman–Crippen LogP) is 2.70. The number of carbonyl (C=O) groups is 2. The number of piperidine rings is 1. The van der Waals surface area contributed by atoms with Crippen LogP contribution in [-0.2, 0) is 9.53 Å². The van der Waals surface area contributed by atoms with Gasteiger partial charge in [0, 0.05) is 37.6 Å². The third-order valence-corrected chi connectivity index (χ3v) is 5.04. The lowest BCUT2D eigenvalue weighted by molar-refractivity contribution is -0.111. The smallest absolute Gasteiger partial charge is 0.253 e. The van der Waals surface area contributed by atoms with E-state index in [-0.39, 0.29) is 11.8 Å². The standard InChI is InChI=1S/C19H24N2O3/c1-2-18(22)20-17-5-3-15(4-6-17)19(23)21-10-7-14(8-11-21)16-9-12-24-13-16/h2-6,14,16H,1,7-13H2,(H,20,22). The minimum absolute atomic E-state index is 0.0673. The van der Waals surface area contributed by atoms with Gasteiger partial charge in [0.2, 0.25) is 5.91 Å². The summed E-state index contributed by atoms with van der Waals surface area (Å²) in [5.74, 6) is 1.17. The van der Waals surface area contributed by atoms with Crippen molar-refractivity contribution in [2.24, 2.45) is 11.8 Å². The molecule has 24 heavy (non-hydrogen) atoms. The molecule has 0 radical (unpaired) electrons. The maximum atomic E-state index is 12.6. The Morgan fingerprint density at radius 3 is 2.42 bits per heavy atom. The number of ether oxygens (including phenoxy) is 1. The molecule has 0 aromatic heterocycles. The van der Waals surface area contributed by atoms with E-state index < -0.39 is 0 Å². The molecule has 1 aromatic carbocycles. The minimum atomic E-state index is -0.257. The summed E-state index contributed by atoms with van der Waals surface area (Å²) in [6.07, 6.45) is 4.51. The summed E-state index contributed by atoms with van der Waals surface area (Å²) in [6.45, 7) is 6.82. The summed E-state index contributed by atoms with van der Waals surface area (Å²) in [5.41, 5.74) is 1.32. The number of nitrogens with zero attached hydrogens (tertiary/aromatic N) is 1. The molecule has 1 unspecified atom stereocenters. The number of carbonyl (C=O) groups excluding carboxylic acids is 2. The fourth-order valence-electron chi connectivity index (χ4n) is 3.57. The quantitative estimate of drug-likeness (QED) is 0.865. The van der Waals surface area contributed by atoms with Crippen LogP contribution in [0, 0.1) is 11.8 Å². The number of likely N-dealkylation sites (tertiary alicyclic amines) is 1. The number of hydrogen-bond donors (Lipinski definition) is 1. The van der Waals surface area contributed by atoms with Gasteiger partial charge >= 0.3 is 0 Å². The van der Waals surface area contributed by atoms with Crippen molar-refractivity contribution in [2.75, 3.05) is 31.6 Å². The van der Waals surface area contributed by atoms with E-state index in [0.29, 0.717) is 23.1 Å². The van der Waals surface area contributed by atoms with E-state index >= 15 is 0 Å². The molecule has 0 bridgehead atoms. The zero-order valence-electron chi connectivity index (χ0n) is 13.9. The summed E-state index contributed by atoms with van der Waals surface area (Å²) in [6, 6.07) is 7.02. The molecule has 5 heteroatoms. The molecule has 3 rings (SSSR count). The van der Waals surface area contributed by atoms with Crippen LogP contribution in [-0.4, -0.2) is 43.0 Å². The summed E-state index contributed by atoms with van der Waals surface area (Å²) < 4.78 is 5.48. The second-order valence-corrected chi connectivity index (χ2v) is 6.52. The molecule has 2 amide bonds. The van der Waals surface area contributed by atoms with Gasteiger partial charge in [-0.05, 0) is 61.4 Å². The van der Waals surface area contributed by atoms with Crippen molar-refractivity contribution in [3.8, 4) is 0 Å². The van der Waals surface area contributed by atoms with Crippen LogP contribution in [0.25, 0.3) is 0 Å². The third-order valence-electron chi connectivity index (χ3n) is 5.04. The second kappa shape index (κ2) is 7.62. The Bertz CT molecular complexity index is 598. The monoisotopic (exact) mass is 328 g/mol. The fourth-order valence-corrected chi connectivity index (χ4v) is 3.57. The van der Waals surface area contributed by atoms with Crippen LogP contribution in [0.2, 0.25) is 0 Å². The normalized spacial score (nSPS) is 21.5. The molecule has 5 nitrogen and oxygen atoms in total. The zero-order chi connectivity index (χ0) is 16.9. The van der Waals surface area contributed by atoms with Crippen molar-refractivity contribution >= 4 is 17.5 Å². The Balaban J connectivity index is 1.55. The maximum Gasteiger partial charge on any atom is 0.253 e. The van der Waals surface area contributed by atoms with E-state index in [4.69, 9.17) is 4.74 Å². The van der Waals surface area contributed by atoms with Crippen molar-refractivity contribution < 1.29 is 14.3 Å². The molecule has 2 fully saturated rings. The number of hydrogen-bond acceptors (Lipinski definition) is 3. The lowest BCUT2D eigenvalue weighted by atomic mass is 9.84. The first-order valence-electron chi connectivity index (χ1n) is 8.58. The third kappa shape index (κ3) is 3.85. The van der Waals surface area contributed by atoms with Gasteiger partial charge in [0.05, 0.1) is 0 Å². The Morgan fingerprint density at radius 2 is 1.83 bits per heavy atom. The zero-order valence-corrected chi connectivity index (χ0v) is 13.9. The summed E-state index contributed by atoms with van der Waals surface area (Å²) in [4.78, 5) is 25.8. The van der Waals surface area contributed by atoms with Gasteiger partial charge in [0.15, 0.2) is 0 Å². The topological polar surface area (TPSA) is 58.6 Å². The average Bonchev–Trinajstić information content (AvgIpc) is 3.16. The highest BCUT2D eigenvalue weighted by Gasteiger charge is 2.30. The number of anilines is 1. The number of rotatable bonds is 4. The summed E-state index contributed by atoms with van der Waals surface area (Å²) >= 11 is 0. The highest BCUT2D eigenvalue weighted by molar-refractivity contribution is 5.99. The molecular formula is C19H24N2O3. The fraction of sp³-hybridized carbons (Fsp3) is 0.474. The van der Waals surface area contributed by atoms with Gasteiger partial charge in [-0.2, -0.15) is 0 Å². The van der Waals surface area contributed by atoms with E-state index in [1.54, 1.807) is 24.3 Å². The first-order valence-corrected chi connectivity index (χ1v) is 8.58. The van der Waals surface area contributed by atoms with Gasteiger partial charge in [-0.3, -0.25) is 9.59 Å². The van der Waals surface area contributed by atoms with Crippen LogP contribution in [0.4, 0.5) is 5.69 Å². The molecular weight excluding hydrogens is 304 g/mol. The maximum absolute atomic E-state index is 12.6. The van der Waals surface area contributed by atoms with E-state index in [1.807, 2.05) is 4.90 Å². The average molecular weight is 328 g/mol. The van der Waals surface area contributed by atoms with Crippen LogP contribution in [0.5, 0.6) is 0 Å². The first-order chi connectivity index (χ1) is 11.7. The van der Waals surface area contributed by atoms with Crippen LogP contribution in [0.1, 0.15) is 29.6 Å². The lowest BCUT2D eigenvalue weighted by Crippen LogP contribution is -2.40. The SMILES string of the molecule is C=CC(=O)Nc1ccc(C(=O)N2CCC(C3CCOC3)CC2)cc1. The Kier molecular flexibility index (Phi) is 5.30. The van der Waals surface area contributed by atoms with Crippen LogP contribution in [0.3, 0.4) is 0 Å². The Hall–Kier alpha value is -2.14. The Labute approximate surface area is 142 Å². The largest absolute Gasteiger partial charge is 0.381 e. The molecule has 0 saturated carbocycles. The highest BCUT2D eigenvalue weighted by Crippen LogP contribution is 2.31. The van der Waals surface area contributed by atoms with Crippen molar-refractivity contribution in [2.45, 2.75) is 19.3 Å². The van der Waals surface area contributed by atoms with Gasteiger partial charge in [-0.1, -0.05) is 6.58 Å². The Morgan fingerprint density at radius 1 is 1.12 bits per heavy atom. The van der Waals surface area contributed by atoms with E-state index in [9.17, 15) is 9.59 Å². The highest BCUT2D eigenvalue weighted by atomic mass is 16.5. The predicted molar refractivity (Wildman–Crippen MR) is 92.8 cm³/mol. The molecule has 0 aliphatic carbocycles. The molecule has 2 saturated heterocycles. The number of nitrogens with one attached hydrogen (secondary N) is 1. The van der Waals surface area contributed by atoms with Crippen LogP contribution < -0.4 is 5.32 Å². The summed E-state index contributed by atoms with van der Waals surface area (Å²) in [7, 11) is 0. The molecule has 1 N–H and O–H groups in total. The number of amides is 2. The molecule has 1 aromatic rings. The van der Waals surface area contributed by atoms with E-state index in [2.05, 4.69) is 11.9 Å². The molecule has 2 heterocycles. The van der Waals surface area contributed by atoms with Gasteiger partial charge in [0.1, 0.15) is 0 Å². The van der Waals surface area contributed by atoms with Crippen molar-refractivity contribution in [3.05, 3.63) is 42.5 Å². The number of benzene rings is 1. The van der Waals surface area contributed by atoms with Crippen LogP contribution >= 0.6 is 0 Å². The van der Waals surface area contributed by atoms with Gasteiger partial charge in [-0.25, -0.2) is 0 Å². The van der Waals surface area contributed by atoms with Gasteiger partial charge in [0.25, 0.3) is 5.91 Å². The minimum Gasteiger partial charge on any atom is -0.381 e. The molecule has 1 atom stereocenters. The lowest BCUT2D eigenvalue weighted by Gasteiger charge is -2.34. The van der Waals surface area contributed by atoms with Crippen LogP contribution in [0.15, 0.2) is 36.9 Å². The molecule has 2 aliphatic heterocycles.